The van der Waals surface area contributed by atoms with Crippen molar-refractivity contribution >= 4 is 24.9 Å². The zero-order chi connectivity index (χ0) is 29.9. The highest BCUT2D eigenvalue weighted by Gasteiger charge is 2.33. The molecule has 5 heterocycles. The quantitative estimate of drug-likeness (QED) is 0.171. The van der Waals surface area contributed by atoms with Gasteiger partial charge in [-0.3, -0.25) is 4.68 Å². The van der Waals surface area contributed by atoms with Gasteiger partial charge in [0, 0.05) is 57.0 Å². The van der Waals surface area contributed by atoms with Crippen molar-refractivity contribution < 1.29 is 13.5 Å². The lowest BCUT2D eigenvalue weighted by Crippen LogP contribution is -2.26. The Labute approximate surface area is 243 Å². The van der Waals surface area contributed by atoms with E-state index in [9.17, 15) is 19.3 Å². The van der Waals surface area contributed by atoms with E-state index in [2.05, 4.69) is 50.7 Å². The number of nitrogens with zero attached hydrogens (tertiary/aromatic N) is 10. The summed E-state index contributed by atoms with van der Waals surface area (Å²) in [6, 6.07) is 6.98. The third kappa shape index (κ3) is 6.30. The highest BCUT2D eigenvalue weighted by molar-refractivity contribution is 6.76. The highest BCUT2D eigenvalue weighted by Crippen LogP contribution is 2.35. The first-order valence-corrected chi connectivity index (χ1v) is 17.5. The number of hydrogen-bond acceptors (Lipinski definition) is 9. The summed E-state index contributed by atoms with van der Waals surface area (Å²) in [5.74, 6) is 0.291. The predicted molar refractivity (Wildman–Crippen MR) is 154 cm³/mol. The number of alkyl halides is 2. The van der Waals surface area contributed by atoms with E-state index in [1.54, 1.807) is 10.9 Å². The molecule has 2 atom stereocenters. The molecule has 5 rings (SSSR count). The minimum Gasteiger partial charge on any atom is -0.361 e. The number of nitriles is 2. The largest absolute Gasteiger partial charge is 0.361 e. The lowest BCUT2D eigenvalue weighted by Gasteiger charge is -2.23. The lowest BCUT2D eigenvalue weighted by molar-refractivity contribution is 0.0899. The van der Waals surface area contributed by atoms with Gasteiger partial charge in [0.25, 0.3) is 6.43 Å². The molecule has 0 bridgehead atoms. The van der Waals surface area contributed by atoms with Gasteiger partial charge in [0.15, 0.2) is 11.5 Å². The Morgan fingerprint density at radius 2 is 2.00 bits per heavy atom. The van der Waals surface area contributed by atoms with Crippen LogP contribution < -0.4 is 4.90 Å². The molecule has 0 saturated carbocycles. The maximum absolute atomic E-state index is 13.1. The van der Waals surface area contributed by atoms with E-state index in [0.717, 1.165) is 34.5 Å². The molecule has 0 spiro atoms. The minimum absolute atomic E-state index is 0.0142. The van der Waals surface area contributed by atoms with Crippen molar-refractivity contribution in [3.63, 3.8) is 0 Å². The summed E-state index contributed by atoms with van der Waals surface area (Å²) in [4.78, 5) is 18.8. The van der Waals surface area contributed by atoms with E-state index in [1.165, 1.54) is 6.33 Å². The molecular formula is C28H32F2N10OSi. The molecule has 0 aliphatic carbocycles. The van der Waals surface area contributed by atoms with E-state index in [1.807, 2.05) is 34.0 Å². The van der Waals surface area contributed by atoms with E-state index in [-0.39, 0.29) is 29.9 Å². The highest BCUT2D eigenvalue weighted by atomic mass is 28.3. The molecule has 0 N–H and O–H groups in total. The van der Waals surface area contributed by atoms with Gasteiger partial charge in [0.1, 0.15) is 30.5 Å². The smallest absolute Gasteiger partial charge is 0.281 e. The summed E-state index contributed by atoms with van der Waals surface area (Å²) in [5, 5.41) is 24.6. The number of hydrogen-bond donors (Lipinski definition) is 0. The van der Waals surface area contributed by atoms with Crippen molar-refractivity contribution in [3.8, 4) is 23.4 Å². The van der Waals surface area contributed by atoms with Crippen LogP contribution in [0.4, 0.5) is 14.6 Å². The molecule has 0 radical (unpaired) electrons. The third-order valence-electron chi connectivity index (χ3n) is 7.47. The molecule has 42 heavy (non-hydrogen) atoms. The molecule has 0 aromatic carbocycles. The van der Waals surface area contributed by atoms with Crippen molar-refractivity contribution in [2.45, 2.75) is 57.7 Å². The van der Waals surface area contributed by atoms with Crippen LogP contribution in [0.3, 0.4) is 0 Å². The summed E-state index contributed by atoms with van der Waals surface area (Å²) in [5.41, 5.74) is 1.66. The first-order valence-electron chi connectivity index (χ1n) is 13.8. The average molecular weight is 591 g/mol. The Bertz CT molecular complexity index is 1630. The lowest BCUT2D eigenvalue weighted by atomic mass is 9.96. The number of ether oxygens (including phenoxy) is 1. The number of aromatic nitrogens is 7. The van der Waals surface area contributed by atoms with Gasteiger partial charge >= 0.3 is 0 Å². The molecule has 1 saturated heterocycles. The molecule has 218 valence electrons. The fourth-order valence-corrected chi connectivity index (χ4v) is 5.95. The van der Waals surface area contributed by atoms with Gasteiger partial charge < -0.3 is 14.2 Å². The van der Waals surface area contributed by atoms with Gasteiger partial charge in [-0.2, -0.15) is 15.6 Å². The van der Waals surface area contributed by atoms with Crippen LogP contribution in [0.5, 0.6) is 0 Å². The number of anilines is 1. The van der Waals surface area contributed by atoms with E-state index >= 15 is 0 Å². The van der Waals surface area contributed by atoms with Crippen LogP contribution in [-0.2, 0) is 11.5 Å². The fourth-order valence-electron chi connectivity index (χ4n) is 5.19. The van der Waals surface area contributed by atoms with Crippen molar-refractivity contribution in [1.82, 2.24) is 34.3 Å². The second-order valence-electron chi connectivity index (χ2n) is 11.6. The van der Waals surface area contributed by atoms with Gasteiger partial charge in [-0.05, 0) is 18.5 Å². The molecule has 11 nitrogen and oxygen atoms in total. The normalized spacial score (nSPS) is 16.2. The maximum atomic E-state index is 13.1. The molecule has 4 aromatic heterocycles. The molecular weight excluding hydrogens is 558 g/mol. The van der Waals surface area contributed by atoms with Gasteiger partial charge in [-0.15, -0.1) is 0 Å². The summed E-state index contributed by atoms with van der Waals surface area (Å²) >= 11 is 0. The molecule has 1 aliphatic heterocycles. The molecule has 1 aliphatic rings. The van der Waals surface area contributed by atoms with Gasteiger partial charge in [-0.25, -0.2) is 28.7 Å². The van der Waals surface area contributed by atoms with Crippen molar-refractivity contribution in [3.05, 3.63) is 48.6 Å². The molecule has 1 fully saturated rings. The van der Waals surface area contributed by atoms with Crippen LogP contribution in [0.25, 0.3) is 22.3 Å². The number of fused-ring (bicyclic) bond motifs is 1. The average Bonchev–Trinajstić information content (AvgIpc) is 3.73. The number of halogens is 2. The standard InChI is InChI=1S/C28H32F2N10OSi/c1-42(2,3)11-10-41-18-39-9-6-21-25(34-17-35-27(21)39)20-13-36-40(16-20)24(4-7-31)19-5-8-38(15-19)28-22(12-32)37-23(14-33-28)26(29)30/h6,9,13-14,16-17,19,24,26H,4-5,8,10-11,15,18H2,1-3H3/t19-,24-/m0/s1. The summed E-state index contributed by atoms with van der Waals surface area (Å²) in [6.07, 6.45) is 6.25. The predicted octanol–water partition coefficient (Wildman–Crippen LogP) is 5.19. The van der Waals surface area contributed by atoms with Crippen molar-refractivity contribution in [2.75, 3.05) is 24.6 Å². The third-order valence-corrected chi connectivity index (χ3v) is 9.17. The van der Waals surface area contributed by atoms with Crippen molar-refractivity contribution in [2.24, 2.45) is 5.92 Å². The molecule has 0 unspecified atom stereocenters. The first-order chi connectivity index (χ1) is 20.2. The number of rotatable bonds is 11. The minimum atomic E-state index is -2.80. The summed E-state index contributed by atoms with van der Waals surface area (Å²) in [6.45, 7) is 9.12. The Morgan fingerprint density at radius 1 is 1.17 bits per heavy atom. The SMILES string of the molecule is C[Si](C)(C)CCOCn1ccc2c(-c3cnn([C@@H](CC#N)[C@H]4CCN(c5ncc(C(F)F)nc5C#N)C4)c3)ncnc21. The Balaban J connectivity index is 1.33. The topological polar surface area (TPSA) is 134 Å². The van der Waals surface area contributed by atoms with E-state index in [0.29, 0.717) is 32.8 Å². The second-order valence-corrected chi connectivity index (χ2v) is 17.2. The Morgan fingerprint density at radius 3 is 2.74 bits per heavy atom. The van der Waals surface area contributed by atoms with Gasteiger partial charge in [0.2, 0.25) is 0 Å². The molecule has 4 aromatic rings. The molecule has 14 heteroatoms. The van der Waals surface area contributed by atoms with Gasteiger partial charge in [0.05, 0.1) is 36.6 Å². The Hall–Kier alpha value is -4.27. The first kappa shape index (κ1) is 29.2. The van der Waals surface area contributed by atoms with Crippen LogP contribution in [0, 0.1) is 28.6 Å². The Kier molecular flexibility index (Phi) is 8.56. The van der Waals surface area contributed by atoms with Crippen LogP contribution in [0.15, 0.2) is 37.2 Å². The summed E-state index contributed by atoms with van der Waals surface area (Å²) < 4.78 is 35.8. The maximum Gasteiger partial charge on any atom is 0.281 e. The van der Waals surface area contributed by atoms with Crippen LogP contribution in [0.1, 0.15) is 36.7 Å². The second kappa shape index (κ2) is 12.3. The van der Waals surface area contributed by atoms with Crippen LogP contribution in [0.2, 0.25) is 25.7 Å². The zero-order valence-electron chi connectivity index (χ0n) is 23.8. The van der Waals surface area contributed by atoms with E-state index in [4.69, 9.17) is 4.74 Å². The zero-order valence-corrected chi connectivity index (χ0v) is 24.8. The van der Waals surface area contributed by atoms with Crippen LogP contribution >= 0.6 is 0 Å². The van der Waals surface area contributed by atoms with Crippen LogP contribution in [-0.4, -0.2) is 62.1 Å². The molecule has 0 amide bonds. The monoisotopic (exact) mass is 590 g/mol. The fraction of sp³-hybridized carbons (Fsp3) is 0.464. The van der Waals surface area contributed by atoms with Gasteiger partial charge in [-0.1, -0.05) is 19.6 Å². The van der Waals surface area contributed by atoms with Crippen molar-refractivity contribution in [1.29, 1.82) is 10.5 Å². The van der Waals surface area contributed by atoms with E-state index < -0.39 is 20.2 Å². The summed E-state index contributed by atoms with van der Waals surface area (Å²) in [7, 11) is -1.18.